The second-order valence-electron chi connectivity index (χ2n) is 9.43. The zero-order chi connectivity index (χ0) is 21.5. The fourth-order valence-electron chi connectivity index (χ4n) is 5.39. The maximum absolute atomic E-state index is 15.7. The molecule has 1 saturated carbocycles. The van der Waals surface area contributed by atoms with Crippen LogP contribution in [0, 0.1) is 6.92 Å². The Labute approximate surface area is 180 Å². The van der Waals surface area contributed by atoms with Gasteiger partial charge in [0.25, 0.3) is 0 Å². The van der Waals surface area contributed by atoms with Gasteiger partial charge in [-0.1, -0.05) is 12.1 Å². The minimum atomic E-state index is -0.481. The predicted molar refractivity (Wildman–Crippen MR) is 119 cm³/mol. The van der Waals surface area contributed by atoms with E-state index in [9.17, 15) is 0 Å². The van der Waals surface area contributed by atoms with E-state index in [-0.39, 0.29) is 11.9 Å². The van der Waals surface area contributed by atoms with Gasteiger partial charge in [-0.2, -0.15) is 0 Å². The highest BCUT2D eigenvalue weighted by Crippen LogP contribution is 2.45. The largest absolute Gasteiger partial charge is 0.389 e. The van der Waals surface area contributed by atoms with Gasteiger partial charge < -0.3 is 14.5 Å². The molecule has 2 atom stereocenters. The molecular formula is C24H27FN6. The monoisotopic (exact) mass is 418 g/mol. The molecule has 0 amide bonds. The summed E-state index contributed by atoms with van der Waals surface area (Å²) in [5.41, 5.74) is 3.65. The number of hydrogen-bond donors (Lipinski definition) is 2. The molecule has 0 bridgehead atoms. The van der Waals surface area contributed by atoms with E-state index in [1.165, 1.54) is 18.4 Å². The van der Waals surface area contributed by atoms with Gasteiger partial charge in [0.1, 0.15) is 11.7 Å². The van der Waals surface area contributed by atoms with Crippen molar-refractivity contribution in [3.05, 3.63) is 65.3 Å². The standard InChI is InChI=1S/C24H27FN6/c1-13-28-29-23-24(2,3)27-21-18(25)12-17(20(26-4)22(21)31(13)23)15-6-5-7-19-16(15)10-11-30(19)14-8-9-14/h5-7,10-12,14,21-22,26-27H,8-9H2,1-4H3. The van der Waals surface area contributed by atoms with Gasteiger partial charge >= 0.3 is 0 Å². The van der Waals surface area contributed by atoms with Gasteiger partial charge in [0.15, 0.2) is 5.82 Å². The molecule has 6 nitrogen and oxygen atoms in total. The van der Waals surface area contributed by atoms with Crippen LogP contribution in [0.2, 0.25) is 0 Å². The highest BCUT2D eigenvalue weighted by atomic mass is 19.1. The van der Waals surface area contributed by atoms with Gasteiger partial charge in [0, 0.05) is 41.5 Å². The number of nitrogens with zero attached hydrogens (tertiary/aromatic N) is 4. The molecule has 2 unspecified atom stereocenters. The van der Waals surface area contributed by atoms with E-state index in [2.05, 4.69) is 60.4 Å². The third kappa shape index (κ3) is 2.59. The average Bonchev–Trinajstić information content (AvgIpc) is 3.36. The van der Waals surface area contributed by atoms with E-state index < -0.39 is 11.6 Å². The lowest BCUT2D eigenvalue weighted by Gasteiger charge is -2.45. The fourth-order valence-corrected chi connectivity index (χ4v) is 5.39. The minimum absolute atomic E-state index is 0.163. The van der Waals surface area contributed by atoms with Gasteiger partial charge in [-0.15, -0.1) is 10.2 Å². The Hall–Kier alpha value is -2.93. The van der Waals surface area contributed by atoms with Crippen molar-refractivity contribution in [3.63, 3.8) is 0 Å². The smallest absolute Gasteiger partial charge is 0.153 e. The molecule has 1 aliphatic heterocycles. The third-order valence-electron chi connectivity index (χ3n) is 6.96. The van der Waals surface area contributed by atoms with Crippen LogP contribution in [0.5, 0.6) is 0 Å². The summed E-state index contributed by atoms with van der Waals surface area (Å²) < 4.78 is 20.1. The first-order valence-electron chi connectivity index (χ1n) is 11.0. The molecule has 2 aliphatic carbocycles. The summed E-state index contributed by atoms with van der Waals surface area (Å²) in [5.74, 6) is 1.45. The number of fused-ring (bicyclic) bond motifs is 4. The van der Waals surface area contributed by atoms with Crippen LogP contribution in [-0.4, -0.2) is 32.4 Å². The maximum atomic E-state index is 15.7. The summed E-state index contributed by atoms with van der Waals surface area (Å²) in [5, 5.41) is 16.8. The lowest BCUT2D eigenvalue weighted by Crippen LogP contribution is -2.56. The van der Waals surface area contributed by atoms with Gasteiger partial charge in [-0.05, 0) is 57.4 Å². The SMILES string of the molecule is CNC1=C(c2cccc3c2ccn3C2CC2)C=C(F)C2NC(C)(C)c3nnc(C)n3C12. The molecule has 0 saturated heterocycles. The number of allylic oxidation sites excluding steroid dienone is 2. The minimum Gasteiger partial charge on any atom is -0.389 e. The third-order valence-corrected chi connectivity index (χ3v) is 6.96. The molecule has 3 aromatic rings. The van der Waals surface area contributed by atoms with Crippen molar-refractivity contribution in [3.8, 4) is 0 Å². The lowest BCUT2D eigenvalue weighted by atomic mass is 9.84. The fraction of sp³-hybridized carbons (Fsp3) is 0.417. The quantitative estimate of drug-likeness (QED) is 0.672. The van der Waals surface area contributed by atoms with Crippen molar-refractivity contribution in [2.45, 2.75) is 57.3 Å². The summed E-state index contributed by atoms with van der Waals surface area (Å²) in [6, 6.07) is 8.35. The number of aromatic nitrogens is 4. The summed E-state index contributed by atoms with van der Waals surface area (Å²) in [4.78, 5) is 0. The van der Waals surface area contributed by atoms with Crippen LogP contribution in [0.3, 0.4) is 0 Å². The highest BCUT2D eigenvalue weighted by Gasteiger charge is 2.47. The molecule has 160 valence electrons. The van der Waals surface area contributed by atoms with E-state index >= 15 is 4.39 Å². The second kappa shape index (κ2) is 6.29. The maximum Gasteiger partial charge on any atom is 0.153 e. The Morgan fingerprint density at radius 3 is 2.74 bits per heavy atom. The Kier molecular flexibility index (Phi) is 3.82. The van der Waals surface area contributed by atoms with Crippen molar-refractivity contribution in [2.75, 3.05) is 7.05 Å². The number of hydrogen-bond acceptors (Lipinski definition) is 4. The molecule has 31 heavy (non-hydrogen) atoms. The predicted octanol–water partition coefficient (Wildman–Crippen LogP) is 4.12. The zero-order valence-corrected chi connectivity index (χ0v) is 18.3. The normalized spacial score (nSPS) is 24.7. The molecule has 1 aromatic carbocycles. The van der Waals surface area contributed by atoms with E-state index in [0.29, 0.717) is 6.04 Å². The first kappa shape index (κ1) is 18.8. The highest BCUT2D eigenvalue weighted by molar-refractivity contribution is 5.96. The molecule has 2 N–H and O–H groups in total. The molecule has 3 aliphatic rings. The number of nitrogens with one attached hydrogen (secondary N) is 2. The van der Waals surface area contributed by atoms with E-state index in [4.69, 9.17) is 0 Å². The number of benzene rings is 1. The molecular weight excluding hydrogens is 391 g/mol. The van der Waals surface area contributed by atoms with E-state index in [1.807, 2.05) is 27.8 Å². The van der Waals surface area contributed by atoms with E-state index in [0.717, 1.165) is 33.9 Å². The Bertz CT molecular complexity index is 1270. The Balaban J connectivity index is 1.59. The molecule has 7 heteroatoms. The van der Waals surface area contributed by atoms with Crippen molar-refractivity contribution in [2.24, 2.45) is 0 Å². The van der Waals surface area contributed by atoms with Gasteiger partial charge in [0.2, 0.25) is 0 Å². The molecule has 2 aromatic heterocycles. The molecule has 6 rings (SSSR count). The van der Waals surface area contributed by atoms with Crippen molar-refractivity contribution < 1.29 is 4.39 Å². The summed E-state index contributed by atoms with van der Waals surface area (Å²) in [6.45, 7) is 5.99. The lowest BCUT2D eigenvalue weighted by molar-refractivity contribution is 0.214. The van der Waals surface area contributed by atoms with Crippen LogP contribution in [0.4, 0.5) is 4.39 Å². The van der Waals surface area contributed by atoms with Crippen LogP contribution in [0.1, 0.15) is 56.0 Å². The zero-order valence-electron chi connectivity index (χ0n) is 18.3. The first-order chi connectivity index (χ1) is 14.9. The molecule has 0 radical (unpaired) electrons. The topological polar surface area (TPSA) is 59.7 Å². The molecule has 0 spiro atoms. The van der Waals surface area contributed by atoms with Crippen molar-refractivity contribution >= 4 is 16.5 Å². The van der Waals surface area contributed by atoms with Crippen LogP contribution in [0.15, 0.2) is 48.1 Å². The average molecular weight is 419 g/mol. The van der Waals surface area contributed by atoms with E-state index in [1.54, 1.807) is 6.08 Å². The summed E-state index contributed by atoms with van der Waals surface area (Å²) in [6.07, 6.45) is 6.33. The number of likely N-dealkylation sites (N-methyl/N-ethyl adjacent to an activating group) is 1. The van der Waals surface area contributed by atoms with Gasteiger partial charge in [0.05, 0.1) is 17.6 Å². The van der Waals surface area contributed by atoms with Crippen molar-refractivity contribution in [1.29, 1.82) is 0 Å². The van der Waals surface area contributed by atoms with Crippen LogP contribution in [-0.2, 0) is 5.54 Å². The molecule has 3 heterocycles. The first-order valence-corrected chi connectivity index (χ1v) is 11.0. The van der Waals surface area contributed by atoms with Crippen LogP contribution >= 0.6 is 0 Å². The Morgan fingerprint density at radius 2 is 2.00 bits per heavy atom. The summed E-state index contributed by atoms with van der Waals surface area (Å²) in [7, 11) is 1.91. The van der Waals surface area contributed by atoms with Gasteiger partial charge in [-0.3, -0.25) is 5.32 Å². The van der Waals surface area contributed by atoms with Crippen LogP contribution in [0.25, 0.3) is 16.5 Å². The summed E-state index contributed by atoms with van der Waals surface area (Å²) >= 11 is 0. The number of halogens is 1. The van der Waals surface area contributed by atoms with Gasteiger partial charge in [-0.25, -0.2) is 4.39 Å². The van der Waals surface area contributed by atoms with Crippen molar-refractivity contribution in [1.82, 2.24) is 30.0 Å². The molecule has 1 fully saturated rings. The Morgan fingerprint density at radius 1 is 1.19 bits per heavy atom. The number of rotatable bonds is 3. The second-order valence-corrected chi connectivity index (χ2v) is 9.43. The number of aryl methyl sites for hydroxylation is 1. The van der Waals surface area contributed by atoms with Crippen LogP contribution < -0.4 is 10.6 Å².